The van der Waals surface area contributed by atoms with Gasteiger partial charge in [-0.05, 0) is 48.9 Å². The topological polar surface area (TPSA) is 88.3 Å². The third kappa shape index (κ3) is 5.38. The van der Waals surface area contributed by atoms with E-state index in [1.165, 1.54) is 0 Å². The van der Waals surface area contributed by atoms with Crippen LogP contribution in [0.2, 0.25) is 0 Å². The Hall–Kier alpha value is -3.41. The Bertz CT molecular complexity index is 1200. The molecule has 0 aliphatic heterocycles. The van der Waals surface area contributed by atoms with Crippen LogP contribution in [0, 0.1) is 12.8 Å². The molecule has 3 rings (SSSR count). The average Bonchev–Trinajstić information content (AvgIpc) is 3.11. The monoisotopic (exact) mass is 462 g/mol. The molecule has 0 saturated heterocycles. The largest absolute Gasteiger partial charge is 0.453 e. The van der Waals surface area contributed by atoms with E-state index in [1.807, 2.05) is 57.2 Å². The number of Topliss-reactive ketones (excluding diaryl/α,β-unsaturated/α-hetero) is 1. The van der Waals surface area contributed by atoms with E-state index in [4.69, 9.17) is 4.74 Å². The van der Waals surface area contributed by atoms with Gasteiger partial charge in [0, 0.05) is 27.7 Å². The zero-order valence-corrected chi connectivity index (χ0v) is 21.0. The van der Waals surface area contributed by atoms with Crippen LogP contribution < -0.4 is 5.32 Å². The SMILES string of the molecule is Cc1[nH]c2ccccc2c1C(=O)[C@@H](C)OC(=O)[C@H](NC(=O)c1ccc(C(C)(C)C)cc1)C(C)C. The molecule has 1 aromatic heterocycles. The van der Waals surface area contributed by atoms with Crippen molar-refractivity contribution in [3.8, 4) is 0 Å². The van der Waals surface area contributed by atoms with E-state index >= 15 is 0 Å². The molecule has 180 valence electrons. The molecule has 34 heavy (non-hydrogen) atoms. The van der Waals surface area contributed by atoms with Crippen LogP contribution in [-0.2, 0) is 14.9 Å². The molecule has 3 aromatic rings. The molecule has 2 atom stereocenters. The van der Waals surface area contributed by atoms with Crippen molar-refractivity contribution in [2.45, 2.75) is 66.0 Å². The summed E-state index contributed by atoms with van der Waals surface area (Å²) in [6, 6.07) is 14.0. The van der Waals surface area contributed by atoms with Gasteiger partial charge in [-0.25, -0.2) is 4.79 Å². The number of hydrogen-bond acceptors (Lipinski definition) is 4. The van der Waals surface area contributed by atoms with Gasteiger partial charge < -0.3 is 15.0 Å². The van der Waals surface area contributed by atoms with E-state index in [0.717, 1.165) is 22.2 Å². The number of aromatic nitrogens is 1. The molecule has 6 nitrogen and oxygen atoms in total. The number of amides is 1. The van der Waals surface area contributed by atoms with E-state index < -0.39 is 18.1 Å². The lowest BCUT2D eigenvalue weighted by molar-refractivity contribution is -0.149. The van der Waals surface area contributed by atoms with Crippen molar-refractivity contribution in [2.75, 3.05) is 0 Å². The van der Waals surface area contributed by atoms with Crippen molar-refractivity contribution in [3.05, 3.63) is 70.9 Å². The predicted octanol–water partition coefficient (Wildman–Crippen LogP) is 5.34. The van der Waals surface area contributed by atoms with Crippen LogP contribution >= 0.6 is 0 Å². The highest BCUT2D eigenvalue weighted by atomic mass is 16.5. The van der Waals surface area contributed by atoms with Crippen LogP contribution in [0.4, 0.5) is 0 Å². The lowest BCUT2D eigenvalue weighted by Gasteiger charge is -2.23. The quantitative estimate of drug-likeness (QED) is 0.366. The second-order valence-electron chi connectivity index (χ2n) is 10.1. The van der Waals surface area contributed by atoms with Gasteiger partial charge in [-0.2, -0.15) is 0 Å². The standard InChI is InChI=1S/C28H34N2O4/c1-16(2)24(30-26(32)19-12-14-20(15-13-19)28(5,6)7)27(33)34-18(4)25(31)23-17(3)29-22-11-9-8-10-21(22)23/h8-16,18,24,29H,1-7H3,(H,30,32)/t18-,24-/m1/s1. The Kier molecular flexibility index (Phi) is 7.29. The number of aryl methyl sites for hydroxylation is 1. The van der Waals surface area contributed by atoms with E-state index in [1.54, 1.807) is 19.1 Å². The summed E-state index contributed by atoms with van der Waals surface area (Å²) < 4.78 is 5.55. The number of esters is 1. The number of nitrogens with one attached hydrogen (secondary N) is 2. The number of ether oxygens (including phenoxy) is 1. The molecule has 0 aliphatic carbocycles. The van der Waals surface area contributed by atoms with Crippen molar-refractivity contribution in [3.63, 3.8) is 0 Å². The number of ketones is 1. The molecule has 0 unspecified atom stereocenters. The minimum Gasteiger partial charge on any atom is -0.453 e. The Balaban J connectivity index is 1.72. The summed E-state index contributed by atoms with van der Waals surface area (Å²) in [5, 5.41) is 3.57. The van der Waals surface area contributed by atoms with Gasteiger partial charge in [0.25, 0.3) is 5.91 Å². The Morgan fingerprint density at radius 1 is 0.941 bits per heavy atom. The smallest absolute Gasteiger partial charge is 0.329 e. The van der Waals surface area contributed by atoms with E-state index in [0.29, 0.717) is 11.1 Å². The maximum atomic E-state index is 13.1. The maximum absolute atomic E-state index is 13.1. The number of carbonyl (C=O) groups is 3. The maximum Gasteiger partial charge on any atom is 0.329 e. The fourth-order valence-corrected chi connectivity index (χ4v) is 3.94. The van der Waals surface area contributed by atoms with Crippen molar-refractivity contribution in [1.29, 1.82) is 0 Å². The molecule has 0 aliphatic rings. The number of carbonyl (C=O) groups excluding carboxylic acids is 3. The lowest BCUT2D eigenvalue weighted by atomic mass is 9.86. The Labute approximate surface area is 201 Å². The summed E-state index contributed by atoms with van der Waals surface area (Å²) >= 11 is 0. The average molecular weight is 463 g/mol. The number of rotatable bonds is 7. The molecular formula is C28H34N2O4. The summed E-state index contributed by atoms with van der Waals surface area (Å²) in [6.07, 6.45) is -0.991. The minimum absolute atomic E-state index is 0.0227. The van der Waals surface area contributed by atoms with Crippen molar-refractivity contribution in [2.24, 2.45) is 5.92 Å². The summed E-state index contributed by atoms with van der Waals surface area (Å²) in [5.74, 6) is -1.49. The van der Waals surface area contributed by atoms with Gasteiger partial charge in [-0.3, -0.25) is 9.59 Å². The molecule has 1 amide bonds. The first kappa shape index (κ1) is 25.2. The summed E-state index contributed by atoms with van der Waals surface area (Å²) in [7, 11) is 0. The number of aromatic amines is 1. The number of hydrogen-bond donors (Lipinski definition) is 2. The van der Waals surface area contributed by atoms with Crippen LogP contribution in [0.25, 0.3) is 10.9 Å². The Morgan fingerprint density at radius 3 is 2.15 bits per heavy atom. The second-order valence-corrected chi connectivity index (χ2v) is 10.1. The molecular weight excluding hydrogens is 428 g/mol. The van der Waals surface area contributed by atoms with Crippen LogP contribution in [0.1, 0.15) is 73.5 Å². The number of para-hydroxylation sites is 1. The zero-order chi connectivity index (χ0) is 25.2. The van der Waals surface area contributed by atoms with Crippen LogP contribution in [0.3, 0.4) is 0 Å². The zero-order valence-electron chi connectivity index (χ0n) is 21.0. The highest BCUT2D eigenvalue weighted by Crippen LogP contribution is 2.25. The van der Waals surface area contributed by atoms with Crippen LogP contribution in [0.5, 0.6) is 0 Å². The normalized spacial score (nSPS) is 13.5. The number of H-pyrrole nitrogens is 1. The summed E-state index contributed by atoms with van der Waals surface area (Å²) in [5.41, 5.74) is 3.65. The van der Waals surface area contributed by atoms with Gasteiger partial charge in [-0.15, -0.1) is 0 Å². The fraction of sp³-hybridized carbons (Fsp3) is 0.393. The van der Waals surface area contributed by atoms with Gasteiger partial charge in [0.05, 0.1) is 0 Å². The van der Waals surface area contributed by atoms with Crippen LogP contribution in [-0.4, -0.2) is 34.8 Å². The van der Waals surface area contributed by atoms with Crippen LogP contribution in [0.15, 0.2) is 48.5 Å². The second kappa shape index (κ2) is 9.84. The first-order chi connectivity index (χ1) is 15.9. The molecule has 0 spiro atoms. The molecule has 1 heterocycles. The van der Waals surface area contributed by atoms with Gasteiger partial charge >= 0.3 is 5.97 Å². The van der Waals surface area contributed by atoms with Gasteiger partial charge in [0.2, 0.25) is 5.78 Å². The van der Waals surface area contributed by atoms with Crippen molar-refractivity contribution < 1.29 is 19.1 Å². The summed E-state index contributed by atoms with van der Waals surface area (Å²) in [4.78, 5) is 42.1. The molecule has 2 aromatic carbocycles. The lowest BCUT2D eigenvalue weighted by Crippen LogP contribution is -2.46. The number of benzene rings is 2. The molecule has 0 radical (unpaired) electrons. The predicted molar refractivity (Wildman–Crippen MR) is 134 cm³/mol. The molecule has 0 saturated carbocycles. The summed E-state index contributed by atoms with van der Waals surface area (Å²) in [6.45, 7) is 13.3. The van der Waals surface area contributed by atoms with E-state index in [9.17, 15) is 14.4 Å². The van der Waals surface area contributed by atoms with Gasteiger partial charge in [-0.1, -0.05) is 65.0 Å². The van der Waals surface area contributed by atoms with Gasteiger partial charge in [0.1, 0.15) is 6.04 Å². The third-order valence-corrected chi connectivity index (χ3v) is 6.02. The van der Waals surface area contributed by atoms with Crippen molar-refractivity contribution >= 4 is 28.6 Å². The van der Waals surface area contributed by atoms with E-state index in [-0.39, 0.29) is 23.0 Å². The van der Waals surface area contributed by atoms with E-state index in [2.05, 4.69) is 31.1 Å². The first-order valence-corrected chi connectivity index (χ1v) is 11.6. The minimum atomic E-state index is -0.991. The fourth-order valence-electron chi connectivity index (χ4n) is 3.94. The van der Waals surface area contributed by atoms with Crippen molar-refractivity contribution in [1.82, 2.24) is 10.3 Å². The first-order valence-electron chi connectivity index (χ1n) is 11.6. The molecule has 0 bridgehead atoms. The highest BCUT2D eigenvalue weighted by Gasteiger charge is 2.31. The molecule has 0 fully saturated rings. The molecule has 2 N–H and O–H groups in total. The molecule has 6 heteroatoms. The third-order valence-electron chi connectivity index (χ3n) is 6.02. The Morgan fingerprint density at radius 2 is 1.56 bits per heavy atom. The number of fused-ring (bicyclic) bond motifs is 1. The van der Waals surface area contributed by atoms with Gasteiger partial charge in [0.15, 0.2) is 6.10 Å². The highest BCUT2D eigenvalue weighted by molar-refractivity contribution is 6.11.